The number of carbonyl (C=O) groups is 1. The van der Waals surface area contributed by atoms with Gasteiger partial charge in [-0.05, 0) is 49.9 Å². The van der Waals surface area contributed by atoms with Gasteiger partial charge in [0.25, 0.3) is 0 Å². The van der Waals surface area contributed by atoms with Crippen LogP contribution in [0.5, 0.6) is 5.75 Å². The van der Waals surface area contributed by atoms with Crippen LogP contribution in [0, 0.1) is 11.8 Å². The highest BCUT2D eigenvalue weighted by molar-refractivity contribution is 5.79. The summed E-state index contributed by atoms with van der Waals surface area (Å²) in [5.74, 6) is 1.46. The highest BCUT2D eigenvalue weighted by Gasteiger charge is 2.31. The number of rotatable bonds is 6. The molecule has 1 fully saturated rings. The lowest BCUT2D eigenvalue weighted by atomic mass is 9.95. The van der Waals surface area contributed by atoms with Crippen LogP contribution in [0.3, 0.4) is 0 Å². The van der Waals surface area contributed by atoms with Gasteiger partial charge in [0, 0.05) is 12.5 Å². The van der Waals surface area contributed by atoms with E-state index >= 15 is 0 Å². The van der Waals surface area contributed by atoms with Crippen molar-refractivity contribution in [2.75, 3.05) is 13.2 Å². The first kappa shape index (κ1) is 14.9. The summed E-state index contributed by atoms with van der Waals surface area (Å²) in [7, 11) is 0. The fraction of sp³-hybridized carbons (Fsp3) is 0.562. The van der Waals surface area contributed by atoms with Gasteiger partial charge in [0.1, 0.15) is 5.75 Å². The number of benzene rings is 1. The first-order chi connectivity index (χ1) is 9.74. The molecule has 0 heterocycles. The molecular formula is C16H24N2O2. The van der Waals surface area contributed by atoms with Crippen LogP contribution in [-0.4, -0.2) is 19.1 Å². The molecular weight excluding hydrogens is 252 g/mol. The molecule has 2 atom stereocenters. The van der Waals surface area contributed by atoms with E-state index in [0.717, 1.165) is 30.6 Å². The predicted molar refractivity (Wildman–Crippen MR) is 79.3 cm³/mol. The van der Waals surface area contributed by atoms with E-state index in [4.69, 9.17) is 10.5 Å². The minimum Gasteiger partial charge on any atom is -0.494 e. The van der Waals surface area contributed by atoms with Gasteiger partial charge in [-0.15, -0.1) is 0 Å². The fourth-order valence-electron chi connectivity index (χ4n) is 2.85. The minimum atomic E-state index is 0.0997. The van der Waals surface area contributed by atoms with Crippen LogP contribution in [0.4, 0.5) is 0 Å². The Bertz CT molecular complexity index is 431. The maximum atomic E-state index is 12.2. The SMILES string of the molecule is CCOc1ccc(CNC(=O)[C@@H]2CCC[C@@H]2CN)cc1. The van der Waals surface area contributed by atoms with E-state index in [1.54, 1.807) is 0 Å². The summed E-state index contributed by atoms with van der Waals surface area (Å²) in [4.78, 5) is 12.2. The van der Waals surface area contributed by atoms with Crippen molar-refractivity contribution in [2.24, 2.45) is 17.6 Å². The molecule has 110 valence electrons. The molecule has 0 radical (unpaired) electrons. The van der Waals surface area contributed by atoms with Crippen molar-refractivity contribution in [3.63, 3.8) is 0 Å². The average Bonchev–Trinajstić information content (AvgIpc) is 2.95. The van der Waals surface area contributed by atoms with Gasteiger partial charge in [-0.1, -0.05) is 18.6 Å². The maximum absolute atomic E-state index is 12.2. The Morgan fingerprint density at radius 3 is 2.75 bits per heavy atom. The molecule has 0 bridgehead atoms. The fourth-order valence-corrected chi connectivity index (χ4v) is 2.85. The number of hydrogen-bond acceptors (Lipinski definition) is 3. The Balaban J connectivity index is 1.83. The van der Waals surface area contributed by atoms with Crippen LogP contribution in [0.1, 0.15) is 31.7 Å². The number of ether oxygens (including phenoxy) is 1. The van der Waals surface area contributed by atoms with Crippen molar-refractivity contribution in [2.45, 2.75) is 32.7 Å². The maximum Gasteiger partial charge on any atom is 0.223 e. The molecule has 0 aromatic heterocycles. The molecule has 0 unspecified atom stereocenters. The summed E-state index contributed by atoms with van der Waals surface area (Å²) < 4.78 is 5.40. The van der Waals surface area contributed by atoms with Gasteiger partial charge in [-0.25, -0.2) is 0 Å². The topological polar surface area (TPSA) is 64.3 Å². The van der Waals surface area contributed by atoms with Gasteiger partial charge < -0.3 is 15.8 Å². The van der Waals surface area contributed by atoms with Crippen molar-refractivity contribution in [1.82, 2.24) is 5.32 Å². The molecule has 0 spiro atoms. The molecule has 1 aromatic carbocycles. The zero-order valence-corrected chi connectivity index (χ0v) is 12.1. The zero-order chi connectivity index (χ0) is 14.4. The molecule has 4 nitrogen and oxygen atoms in total. The van der Waals surface area contributed by atoms with Gasteiger partial charge in [0.2, 0.25) is 5.91 Å². The highest BCUT2D eigenvalue weighted by Crippen LogP contribution is 2.31. The van der Waals surface area contributed by atoms with E-state index in [1.165, 1.54) is 0 Å². The Morgan fingerprint density at radius 2 is 2.10 bits per heavy atom. The van der Waals surface area contributed by atoms with Gasteiger partial charge in [-0.3, -0.25) is 4.79 Å². The summed E-state index contributed by atoms with van der Waals surface area (Å²) in [6, 6.07) is 7.84. The highest BCUT2D eigenvalue weighted by atomic mass is 16.5. The normalized spacial score (nSPS) is 21.7. The van der Waals surface area contributed by atoms with Crippen LogP contribution in [0.15, 0.2) is 24.3 Å². The standard InChI is InChI=1S/C16H24N2O2/c1-2-20-14-8-6-12(7-9-14)11-18-16(19)15-5-3-4-13(15)10-17/h6-9,13,15H,2-5,10-11,17H2,1H3,(H,18,19)/t13-,15-/m1/s1. The summed E-state index contributed by atoms with van der Waals surface area (Å²) in [6.07, 6.45) is 3.16. The summed E-state index contributed by atoms with van der Waals surface area (Å²) in [5, 5.41) is 3.02. The number of carbonyl (C=O) groups excluding carboxylic acids is 1. The molecule has 0 aliphatic heterocycles. The quantitative estimate of drug-likeness (QED) is 0.836. The van der Waals surface area contributed by atoms with Gasteiger partial charge in [-0.2, -0.15) is 0 Å². The monoisotopic (exact) mass is 276 g/mol. The number of hydrogen-bond donors (Lipinski definition) is 2. The van der Waals surface area contributed by atoms with Crippen molar-refractivity contribution in [3.8, 4) is 5.75 Å². The molecule has 0 saturated heterocycles. The van der Waals surface area contributed by atoms with Crippen LogP contribution in [0.25, 0.3) is 0 Å². The molecule has 1 aliphatic rings. The molecule has 3 N–H and O–H groups in total. The van der Waals surface area contributed by atoms with E-state index < -0.39 is 0 Å². The van der Waals surface area contributed by atoms with Crippen LogP contribution in [0.2, 0.25) is 0 Å². The second-order valence-electron chi connectivity index (χ2n) is 5.33. The minimum absolute atomic E-state index is 0.0997. The zero-order valence-electron chi connectivity index (χ0n) is 12.1. The van der Waals surface area contributed by atoms with Gasteiger partial charge in [0.15, 0.2) is 0 Å². The van der Waals surface area contributed by atoms with Gasteiger partial charge >= 0.3 is 0 Å². The Labute approximate surface area is 120 Å². The third-order valence-electron chi connectivity index (χ3n) is 4.00. The Hall–Kier alpha value is -1.55. The van der Waals surface area contributed by atoms with Gasteiger partial charge in [0.05, 0.1) is 6.61 Å². The van der Waals surface area contributed by atoms with Crippen LogP contribution >= 0.6 is 0 Å². The number of nitrogens with one attached hydrogen (secondary N) is 1. The molecule has 20 heavy (non-hydrogen) atoms. The number of amides is 1. The lowest BCUT2D eigenvalue weighted by molar-refractivity contribution is -0.126. The molecule has 4 heteroatoms. The largest absolute Gasteiger partial charge is 0.494 e. The van der Waals surface area contributed by atoms with E-state index in [2.05, 4.69) is 5.32 Å². The molecule has 1 amide bonds. The summed E-state index contributed by atoms with van der Waals surface area (Å²) in [6.45, 7) is 3.81. The molecule has 1 aliphatic carbocycles. The summed E-state index contributed by atoms with van der Waals surface area (Å²) in [5.41, 5.74) is 6.81. The Kier molecular flexibility index (Phi) is 5.41. The first-order valence-electron chi connectivity index (χ1n) is 7.44. The van der Waals surface area contributed by atoms with Crippen molar-refractivity contribution >= 4 is 5.91 Å². The second kappa shape index (κ2) is 7.29. The number of nitrogens with two attached hydrogens (primary N) is 1. The van der Waals surface area contributed by atoms with E-state index in [9.17, 15) is 4.79 Å². The van der Waals surface area contributed by atoms with Crippen molar-refractivity contribution in [1.29, 1.82) is 0 Å². The molecule has 2 rings (SSSR count). The second-order valence-corrected chi connectivity index (χ2v) is 5.33. The third-order valence-corrected chi connectivity index (χ3v) is 4.00. The van der Waals surface area contributed by atoms with E-state index in [1.807, 2.05) is 31.2 Å². The van der Waals surface area contributed by atoms with Crippen LogP contribution < -0.4 is 15.8 Å². The molecule has 1 aromatic rings. The lowest BCUT2D eigenvalue weighted by Crippen LogP contribution is -2.34. The van der Waals surface area contributed by atoms with E-state index in [-0.39, 0.29) is 11.8 Å². The molecule has 1 saturated carbocycles. The predicted octanol–water partition coefficient (Wildman–Crippen LogP) is 2.08. The average molecular weight is 276 g/mol. The third kappa shape index (κ3) is 3.73. The van der Waals surface area contributed by atoms with Crippen LogP contribution in [-0.2, 0) is 11.3 Å². The van der Waals surface area contributed by atoms with E-state index in [0.29, 0.717) is 25.6 Å². The van der Waals surface area contributed by atoms with Crippen molar-refractivity contribution in [3.05, 3.63) is 29.8 Å². The Morgan fingerprint density at radius 1 is 1.35 bits per heavy atom. The van der Waals surface area contributed by atoms with Crippen molar-refractivity contribution < 1.29 is 9.53 Å². The summed E-state index contributed by atoms with van der Waals surface area (Å²) >= 11 is 0. The smallest absolute Gasteiger partial charge is 0.223 e. The first-order valence-corrected chi connectivity index (χ1v) is 7.44. The lowest BCUT2D eigenvalue weighted by Gasteiger charge is -2.17.